The van der Waals surface area contributed by atoms with Gasteiger partial charge in [0.15, 0.2) is 5.78 Å². The van der Waals surface area contributed by atoms with Crippen LogP contribution in [0.3, 0.4) is 0 Å². The van der Waals surface area contributed by atoms with Gasteiger partial charge in [0.05, 0.1) is 12.2 Å². The molecule has 3 aliphatic rings. The van der Waals surface area contributed by atoms with Crippen molar-refractivity contribution in [3.05, 3.63) is 0 Å². The van der Waals surface area contributed by atoms with Gasteiger partial charge in [-0.2, -0.15) is 0 Å². The van der Waals surface area contributed by atoms with E-state index in [4.69, 9.17) is 9.47 Å². The third kappa shape index (κ3) is 2.17. The summed E-state index contributed by atoms with van der Waals surface area (Å²) in [6, 6.07) is 0. The first-order chi connectivity index (χ1) is 10.8. The van der Waals surface area contributed by atoms with Gasteiger partial charge in [0, 0.05) is 32.0 Å². The number of hydrogen-bond donors (Lipinski definition) is 1. The highest BCUT2D eigenvalue weighted by molar-refractivity contribution is 5.86. The summed E-state index contributed by atoms with van der Waals surface area (Å²) in [7, 11) is 3.37. The van der Waals surface area contributed by atoms with E-state index in [2.05, 4.69) is 20.8 Å². The van der Waals surface area contributed by atoms with Crippen LogP contribution >= 0.6 is 0 Å². The van der Waals surface area contributed by atoms with Crippen LogP contribution in [0, 0.1) is 28.6 Å². The first-order valence-corrected chi connectivity index (χ1v) is 9.10. The number of ether oxygens (including phenoxy) is 2. The predicted molar refractivity (Wildman–Crippen MR) is 88.1 cm³/mol. The summed E-state index contributed by atoms with van der Waals surface area (Å²) < 4.78 is 11.3. The lowest BCUT2D eigenvalue weighted by atomic mass is 9.45. The Bertz CT molecular complexity index is 478. The van der Waals surface area contributed by atoms with Gasteiger partial charge in [-0.15, -0.1) is 0 Å². The molecule has 3 saturated carbocycles. The topological polar surface area (TPSA) is 55.8 Å². The molecule has 3 rings (SSSR count). The molecule has 1 N–H and O–H groups in total. The molecule has 4 nitrogen and oxygen atoms in total. The number of aliphatic hydroxyl groups excluding tert-OH is 1. The van der Waals surface area contributed by atoms with Crippen molar-refractivity contribution in [2.45, 2.75) is 71.2 Å². The lowest BCUT2D eigenvalue weighted by molar-refractivity contribution is -0.191. The summed E-state index contributed by atoms with van der Waals surface area (Å²) in [5.41, 5.74) is -0.266. The van der Waals surface area contributed by atoms with Crippen LogP contribution in [-0.4, -0.2) is 43.4 Å². The van der Waals surface area contributed by atoms with E-state index in [1.807, 2.05) is 0 Å². The maximum atomic E-state index is 13.0. The Kier molecular flexibility index (Phi) is 4.40. The minimum absolute atomic E-state index is 0.0306. The van der Waals surface area contributed by atoms with E-state index in [0.717, 1.165) is 25.7 Å². The molecule has 0 spiro atoms. The number of ketones is 1. The summed E-state index contributed by atoms with van der Waals surface area (Å²) >= 11 is 0. The number of aliphatic hydroxyl groups is 1. The van der Waals surface area contributed by atoms with Crippen molar-refractivity contribution in [1.82, 2.24) is 0 Å². The number of methoxy groups -OCH3 is 2. The Labute approximate surface area is 139 Å². The zero-order chi connectivity index (χ0) is 17.0. The number of Topliss-reactive ketones (excluding diaryl/α,β-unsaturated/α-hetero) is 1. The van der Waals surface area contributed by atoms with Crippen molar-refractivity contribution in [1.29, 1.82) is 0 Å². The van der Waals surface area contributed by atoms with Crippen LogP contribution in [0.2, 0.25) is 0 Å². The van der Waals surface area contributed by atoms with Crippen LogP contribution in [0.1, 0.15) is 52.9 Å². The largest absolute Gasteiger partial charge is 0.392 e. The van der Waals surface area contributed by atoms with Crippen LogP contribution in [0.25, 0.3) is 0 Å². The van der Waals surface area contributed by atoms with Gasteiger partial charge in [0.1, 0.15) is 6.10 Å². The number of hydrogen-bond acceptors (Lipinski definition) is 4. The molecular formula is C19H32O4. The standard InChI is InChI=1S/C19H32O4/c1-11-6-8-19-9-7-13(22-4)17(19)18(11,3)15(20)10-14(23-5)16(21)12(19)2/h11-15,17,20H,6-10H2,1-5H3/t11-,12+,13-,14?,15-,17?,18+,19?/m1/s1. The third-order valence-electron chi connectivity index (χ3n) is 8.01. The molecular weight excluding hydrogens is 292 g/mol. The number of rotatable bonds is 2. The molecule has 132 valence electrons. The predicted octanol–water partition coefficient (Wildman–Crippen LogP) is 2.82. The molecule has 0 aromatic carbocycles. The number of carbonyl (C=O) groups is 1. The lowest BCUT2D eigenvalue weighted by Crippen LogP contribution is -2.61. The minimum Gasteiger partial charge on any atom is -0.392 e. The molecule has 0 radical (unpaired) electrons. The van der Waals surface area contributed by atoms with E-state index in [0.29, 0.717) is 12.3 Å². The van der Waals surface area contributed by atoms with Crippen molar-refractivity contribution >= 4 is 5.78 Å². The quantitative estimate of drug-likeness (QED) is 0.848. The molecule has 3 unspecified atom stereocenters. The highest BCUT2D eigenvalue weighted by atomic mass is 16.5. The fourth-order valence-corrected chi connectivity index (χ4v) is 6.35. The van der Waals surface area contributed by atoms with Crippen molar-refractivity contribution < 1.29 is 19.4 Å². The Morgan fingerprint density at radius 3 is 2.39 bits per heavy atom. The summed E-state index contributed by atoms with van der Waals surface area (Å²) in [5, 5.41) is 11.1. The van der Waals surface area contributed by atoms with Crippen LogP contribution in [0.15, 0.2) is 0 Å². The van der Waals surface area contributed by atoms with E-state index in [1.165, 1.54) is 0 Å². The van der Waals surface area contributed by atoms with E-state index in [-0.39, 0.29) is 34.6 Å². The first kappa shape index (κ1) is 17.4. The summed E-state index contributed by atoms with van der Waals surface area (Å²) in [6.07, 6.45) is 3.69. The van der Waals surface area contributed by atoms with Gasteiger partial charge in [-0.05, 0) is 42.9 Å². The Balaban J connectivity index is 2.15. The molecule has 8 atom stereocenters. The smallest absolute Gasteiger partial charge is 0.164 e. The first-order valence-electron chi connectivity index (χ1n) is 9.10. The number of carbonyl (C=O) groups excluding carboxylic acids is 1. The normalized spacial score (nSPS) is 53.6. The molecule has 3 aliphatic carbocycles. The van der Waals surface area contributed by atoms with E-state index >= 15 is 0 Å². The van der Waals surface area contributed by atoms with Crippen LogP contribution < -0.4 is 0 Å². The van der Waals surface area contributed by atoms with Crippen molar-refractivity contribution in [3.8, 4) is 0 Å². The summed E-state index contributed by atoms with van der Waals surface area (Å²) in [5.74, 6) is 0.807. The SMILES string of the molecule is COC1C[C@@H](O)[C@@]2(C)C3[C@H](OC)CCC3(CC[C@H]2C)[C@@H](C)C1=O. The van der Waals surface area contributed by atoms with E-state index in [9.17, 15) is 9.90 Å². The molecule has 2 bridgehead atoms. The second kappa shape index (κ2) is 5.82. The maximum absolute atomic E-state index is 13.0. The molecule has 0 aromatic rings. The maximum Gasteiger partial charge on any atom is 0.164 e. The van der Waals surface area contributed by atoms with Gasteiger partial charge in [-0.1, -0.05) is 20.8 Å². The highest BCUT2D eigenvalue weighted by Crippen LogP contribution is 2.67. The van der Waals surface area contributed by atoms with Gasteiger partial charge < -0.3 is 14.6 Å². The highest BCUT2D eigenvalue weighted by Gasteiger charge is 2.66. The van der Waals surface area contributed by atoms with E-state index < -0.39 is 12.2 Å². The molecule has 0 saturated heterocycles. The Morgan fingerprint density at radius 2 is 1.78 bits per heavy atom. The molecule has 0 heterocycles. The third-order valence-corrected chi connectivity index (χ3v) is 8.01. The second-order valence-electron chi connectivity index (χ2n) is 8.43. The molecule has 23 heavy (non-hydrogen) atoms. The lowest BCUT2D eigenvalue weighted by Gasteiger charge is -2.60. The molecule has 3 fully saturated rings. The van der Waals surface area contributed by atoms with E-state index in [1.54, 1.807) is 14.2 Å². The van der Waals surface area contributed by atoms with Crippen molar-refractivity contribution in [2.24, 2.45) is 28.6 Å². The molecule has 4 heteroatoms. The Morgan fingerprint density at radius 1 is 1.13 bits per heavy atom. The minimum atomic E-state index is -0.528. The Hall–Kier alpha value is -0.450. The van der Waals surface area contributed by atoms with Crippen molar-refractivity contribution in [2.75, 3.05) is 14.2 Å². The average Bonchev–Trinajstić information content (AvgIpc) is 2.94. The zero-order valence-corrected chi connectivity index (χ0v) is 15.2. The van der Waals surface area contributed by atoms with Crippen molar-refractivity contribution in [3.63, 3.8) is 0 Å². The van der Waals surface area contributed by atoms with Gasteiger partial charge in [0.2, 0.25) is 0 Å². The van der Waals surface area contributed by atoms with Gasteiger partial charge >= 0.3 is 0 Å². The van der Waals surface area contributed by atoms with Crippen LogP contribution in [0.5, 0.6) is 0 Å². The fourth-order valence-electron chi connectivity index (χ4n) is 6.35. The van der Waals surface area contributed by atoms with Gasteiger partial charge in [0.25, 0.3) is 0 Å². The molecule has 0 aliphatic heterocycles. The molecule has 0 amide bonds. The fraction of sp³-hybridized carbons (Fsp3) is 0.947. The second-order valence-corrected chi connectivity index (χ2v) is 8.43. The summed E-state index contributed by atoms with van der Waals surface area (Å²) in [4.78, 5) is 13.0. The van der Waals surface area contributed by atoms with Gasteiger partial charge in [-0.25, -0.2) is 0 Å². The molecule has 0 aromatic heterocycles. The monoisotopic (exact) mass is 324 g/mol. The average molecular weight is 324 g/mol. The van der Waals surface area contributed by atoms with Crippen LogP contribution in [0.4, 0.5) is 0 Å². The van der Waals surface area contributed by atoms with Gasteiger partial charge in [-0.3, -0.25) is 4.79 Å². The summed E-state index contributed by atoms with van der Waals surface area (Å²) in [6.45, 7) is 6.58. The zero-order valence-electron chi connectivity index (χ0n) is 15.2. The van der Waals surface area contributed by atoms with Crippen LogP contribution in [-0.2, 0) is 14.3 Å².